The van der Waals surface area contributed by atoms with Gasteiger partial charge in [0.1, 0.15) is 11.9 Å². The average Bonchev–Trinajstić information content (AvgIpc) is 3.67. The summed E-state index contributed by atoms with van der Waals surface area (Å²) in [5.74, 6) is 0.626. The van der Waals surface area contributed by atoms with E-state index in [-0.39, 0.29) is 18.7 Å². The molecule has 3 N–H and O–H groups in total. The summed E-state index contributed by atoms with van der Waals surface area (Å²) in [4.78, 5) is 73.0. The zero-order valence-corrected chi connectivity index (χ0v) is 32.9. The lowest BCUT2D eigenvalue weighted by Crippen LogP contribution is -2.54. The Morgan fingerprint density at radius 3 is 2.38 bits per heavy atom. The van der Waals surface area contributed by atoms with E-state index in [9.17, 15) is 19.2 Å². The van der Waals surface area contributed by atoms with E-state index in [1.165, 1.54) is 0 Å². The number of carbonyl (C=O) groups is 4. The molecule has 0 bridgehead atoms. The van der Waals surface area contributed by atoms with Gasteiger partial charge in [0.05, 0.1) is 28.4 Å². The molecular formula is C42H46N12O4. The highest BCUT2D eigenvalue weighted by Crippen LogP contribution is 2.33. The molecule has 0 radical (unpaired) electrons. The first-order valence-corrected chi connectivity index (χ1v) is 19.9. The molecule has 3 fully saturated rings. The van der Waals surface area contributed by atoms with Gasteiger partial charge in [-0.25, -0.2) is 14.6 Å². The minimum absolute atomic E-state index is 0.0959. The van der Waals surface area contributed by atoms with E-state index in [0.29, 0.717) is 34.5 Å². The zero-order valence-electron chi connectivity index (χ0n) is 32.9. The van der Waals surface area contributed by atoms with Crippen molar-refractivity contribution in [1.29, 1.82) is 0 Å². The molecule has 2 aromatic carbocycles. The summed E-state index contributed by atoms with van der Waals surface area (Å²) < 4.78 is 1.76. The number of piperidine rings is 2. The second-order valence-electron chi connectivity index (χ2n) is 15.7. The molecule has 4 amide bonds. The summed E-state index contributed by atoms with van der Waals surface area (Å²) in [5.41, 5.74) is 6.35. The predicted molar refractivity (Wildman–Crippen MR) is 220 cm³/mol. The third-order valence-electron chi connectivity index (χ3n) is 11.8. The summed E-state index contributed by atoms with van der Waals surface area (Å²) in [7, 11) is 1.88. The number of para-hydroxylation sites is 1. The number of rotatable bonds is 9. The first-order chi connectivity index (χ1) is 28.1. The van der Waals surface area contributed by atoms with Gasteiger partial charge in [-0.05, 0) is 80.5 Å². The summed E-state index contributed by atoms with van der Waals surface area (Å²) in [6.07, 6.45) is 6.01. The van der Waals surface area contributed by atoms with Crippen molar-refractivity contribution in [2.24, 2.45) is 13.0 Å². The first-order valence-electron chi connectivity index (χ1n) is 19.9. The zero-order chi connectivity index (χ0) is 40.1. The van der Waals surface area contributed by atoms with Crippen LogP contribution in [-0.2, 0) is 16.6 Å². The Bertz CT molecular complexity index is 2420. The number of anilines is 6. The Labute approximate surface area is 335 Å². The van der Waals surface area contributed by atoms with Crippen molar-refractivity contribution < 1.29 is 19.2 Å². The van der Waals surface area contributed by atoms with Crippen LogP contribution in [-0.4, -0.2) is 110 Å². The maximum atomic E-state index is 13.4. The summed E-state index contributed by atoms with van der Waals surface area (Å²) in [6, 6.07) is 14.7. The third kappa shape index (κ3) is 7.08. The first kappa shape index (κ1) is 37.2. The van der Waals surface area contributed by atoms with Crippen LogP contribution < -0.4 is 25.8 Å². The maximum absolute atomic E-state index is 13.4. The number of carbonyl (C=O) groups excluding carboxylic acids is 4. The van der Waals surface area contributed by atoms with Crippen LogP contribution in [0.5, 0.6) is 0 Å². The van der Waals surface area contributed by atoms with Crippen LogP contribution >= 0.6 is 0 Å². The maximum Gasteiger partial charge on any atom is 0.262 e. The molecule has 0 aliphatic carbocycles. The van der Waals surface area contributed by atoms with Crippen molar-refractivity contribution in [1.82, 2.24) is 39.8 Å². The molecule has 16 nitrogen and oxygen atoms in total. The Hall–Kier alpha value is -6.42. The smallest absolute Gasteiger partial charge is 0.262 e. The number of imide groups is 2. The van der Waals surface area contributed by atoms with Crippen LogP contribution in [0.4, 0.5) is 34.6 Å². The summed E-state index contributed by atoms with van der Waals surface area (Å²) in [6.45, 7) is 10.5. The minimum Gasteiger partial charge on any atom is -0.371 e. The number of nitrogens with one attached hydrogen (secondary N) is 3. The van der Waals surface area contributed by atoms with Crippen LogP contribution in [0.15, 0.2) is 60.9 Å². The van der Waals surface area contributed by atoms with E-state index in [0.717, 1.165) is 103 Å². The van der Waals surface area contributed by atoms with E-state index < -0.39 is 23.8 Å². The molecule has 3 saturated heterocycles. The highest BCUT2D eigenvalue weighted by atomic mass is 16.2. The molecule has 0 saturated carbocycles. The summed E-state index contributed by atoms with van der Waals surface area (Å²) >= 11 is 0. The molecule has 4 aliphatic heterocycles. The molecule has 58 heavy (non-hydrogen) atoms. The SMILES string of the molecule is Cc1cccc(C)c1Nc1nn(C)c2nc(Nc3ccc(N4CCN(CC5CCCN(c6ccc7c(c6)C(=O)N(C6CCC(=O)NC6=O)C7=O)C5)CC4)nc3)ncc12. The number of benzene rings is 2. The highest BCUT2D eigenvalue weighted by Gasteiger charge is 2.45. The normalized spacial score (nSPS) is 20.2. The van der Waals surface area contributed by atoms with E-state index in [4.69, 9.17) is 9.97 Å². The molecule has 0 spiro atoms. The monoisotopic (exact) mass is 782 g/mol. The van der Waals surface area contributed by atoms with Gasteiger partial charge in [-0.1, -0.05) is 18.2 Å². The fourth-order valence-corrected chi connectivity index (χ4v) is 8.73. The topological polar surface area (TPSA) is 174 Å². The van der Waals surface area contributed by atoms with E-state index in [2.05, 4.69) is 66.7 Å². The lowest BCUT2D eigenvalue weighted by molar-refractivity contribution is -0.136. The van der Waals surface area contributed by atoms with Crippen LogP contribution in [0, 0.1) is 19.8 Å². The summed E-state index contributed by atoms with van der Waals surface area (Å²) in [5, 5.41) is 14.5. The Balaban J connectivity index is 0.776. The van der Waals surface area contributed by atoms with E-state index >= 15 is 0 Å². The van der Waals surface area contributed by atoms with Crippen LogP contribution in [0.1, 0.15) is 57.5 Å². The predicted octanol–water partition coefficient (Wildman–Crippen LogP) is 4.30. The number of piperazine rings is 1. The molecule has 7 heterocycles. The number of pyridine rings is 1. The number of fused-ring (bicyclic) bond motifs is 2. The van der Waals surface area contributed by atoms with Crippen molar-refractivity contribution in [3.63, 3.8) is 0 Å². The fourth-order valence-electron chi connectivity index (χ4n) is 8.73. The van der Waals surface area contributed by atoms with Gasteiger partial charge >= 0.3 is 0 Å². The minimum atomic E-state index is -0.970. The van der Waals surface area contributed by atoms with Crippen molar-refractivity contribution in [2.45, 2.75) is 45.6 Å². The molecule has 2 unspecified atom stereocenters. The van der Waals surface area contributed by atoms with Gasteiger partial charge in [-0.3, -0.25) is 34.3 Å². The van der Waals surface area contributed by atoms with E-state index in [1.807, 2.05) is 37.5 Å². The van der Waals surface area contributed by atoms with Crippen molar-refractivity contribution in [3.8, 4) is 0 Å². The molecule has 298 valence electrons. The molecule has 5 aromatic rings. The number of hydrogen-bond acceptors (Lipinski definition) is 13. The number of nitrogens with zero attached hydrogens (tertiary/aromatic N) is 9. The lowest BCUT2D eigenvalue weighted by atomic mass is 9.96. The Morgan fingerprint density at radius 1 is 0.828 bits per heavy atom. The highest BCUT2D eigenvalue weighted by molar-refractivity contribution is 6.23. The van der Waals surface area contributed by atoms with Crippen LogP contribution in [0.2, 0.25) is 0 Å². The van der Waals surface area contributed by atoms with Crippen LogP contribution in [0.3, 0.4) is 0 Å². The average molecular weight is 783 g/mol. The number of amides is 4. The second-order valence-corrected chi connectivity index (χ2v) is 15.7. The van der Waals surface area contributed by atoms with Crippen molar-refractivity contribution >= 4 is 69.3 Å². The Kier molecular flexibility index (Phi) is 9.71. The van der Waals surface area contributed by atoms with Gasteiger partial charge in [-0.2, -0.15) is 10.1 Å². The Morgan fingerprint density at radius 2 is 1.62 bits per heavy atom. The van der Waals surface area contributed by atoms with Crippen molar-refractivity contribution in [2.75, 3.05) is 66.2 Å². The van der Waals surface area contributed by atoms with Crippen LogP contribution in [0.25, 0.3) is 11.0 Å². The fraction of sp³-hybridized carbons (Fsp3) is 0.381. The molecule has 16 heteroatoms. The molecule has 4 aliphatic rings. The van der Waals surface area contributed by atoms with Gasteiger partial charge in [0.25, 0.3) is 11.8 Å². The van der Waals surface area contributed by atoms with Crippen molar-refractivity contribution in [3.05, 3.63) is 83.2 Å². The lowest BCUT2D eigenvalue weighted by Gasteiger charge is -2.40. The van der Waals surface area contributed by atoms with Gasteiger partial charge < -0.3 is 20.4 Å². The van der Waals surface area contributed by atoms with Gasteiger partial charge in [0.2, 0.25) is 17.8 Å². The molecule has 9 rings (SSSR count). The number of aryl methyl sites for hydroxylation is 3. The number of aromatic nitrogens is 5. The largest absolute Gasteiger partial charge is 0.371 e. The standard InChI is InChI=1S/C42H46N12O4/c1-25-6-4-7-26(2)36(25)47-37-32-22-44-42(48-38(32)50(3)49-37)45-28-9-13-34(43-21-28)52-18-16-51(17-19-52)23-27-8-5-15-53(24-27)29-10-11-30-31(20-29)41(58)54(40(30)57)33-12-14-35(55)46-39(33)56/h4,6-7,9-11,13,20-22,27,33H,5,8,12,14-19,23-24H2,1-3H3,(H,47,49)(H,44,45,48)(H,46,55,56). The third-order valence-corrected chi connectivity index (χ3v) is 11.8. The molecule has 2 atom stereocenters. The van der Waals surface area contributed by atoms with Gasteiger partial charge in [0.15, 0.2) is 11.5 Å². The molecular weight excluding hydrogens is 737 g/mol. The molecule has 3 aromatic heterocycles. The van der Waals surface area contributed by atoms with Gasteiger partial charge in [-0.15, -0.1) is 0 Å². The van der Waals surface area contributed by atoms with E-state index in [1.54, 1.807) is 23.0 Å². The quantitative estimate of drug-likeness (QED) is 0.181. The number of hydrogen-bond donors (Lipinski definition) is 3. The van der Waals surface area contributed by atoms with Gasteiger partial charge in [0, 0.05) is 76.9 Å². The second kappa shape index (κ2) is 15.2.